The fourth-order valence-electron chi connectivity index (χ4n) is 1.44. The number of sulfone groups is 1. The number of hydrogen-bond donors (Lipinski definition) is 1. The van der Waals surface area contributed by atoms with Gasteiger partial charge in [0.15, 0.2) is 9.84 Å². The summed E-state index contributed by atoms with van der Waals surface area (Å²) in [6.45, 7) is 3.48. The summed E-state index contributed by atoms with van der Waals surface area (Å²) in [7, 11) is -3.44. The van der Waals surface area contributed by atoms with Crippen LogP contribution in [0.3, 0.4) is 0 Å². The summed E-state index contributed by atoms with van der Waals surface area (Å²) < 4.78 is 24.4. The van der Waals surface area contributed by atoms with Gasteiger partial charge in [0.2, 0.25) is 0 Å². The summed E-state index contributed by atoms with van der Waals surface area (Å²) in [6.07, 6.45) is 0.616. The predicted molar refractivity (Wildman–Crippen MR) is 66.4 cm³/mol. The molecule has 0 aliphatic carbocycles. The van der Waals surface area contributed by atoms with Crippen molar-refractivity contribution in [2.24, 2.45) is 5.73 Å². The Bertz CT molecular complexity index is 459. The number of halogens is 1. The second-order valence-electron chi connectivity index (χ2n) is 3.75. The fraction of sp³-hybridized carbons (Fsp3) is 0.455. The molecular formula is C11H16ClNO2S. The number of rotatable bonds is 4. The largest absolute Gasteiger partial charge is 0.327 e. The maximum atomic E-state index is 12.2. The van der Waals surface area contributed by atoms with Crippen LogP contribution in [0.25, 0.3) is 0 Å². The molecule has 0 aliphatic rings. The van der Waals surface area contributed by atoms with Gasteiger partial charge in [-0.05, 0) is 25.5 Å². The summed E-state index contributed by atoms with van der Waals surface area (Å²) in [6, 6.07) is 6.06. The third-order valence-electron chi connectivity index (χ3n) is 2.71. The second-order valence-corrected chi connectivity index (χ2v) is 6.43. The number of nitrogens with two attached hydrogens (primary N) is 1. The van der Waals surface area contributed by atoms with Crippen molar-refractivity contribution in [1.82, 2.24) is 0 Å². The molecule has 5 heteroatoms. The molecule has 0 amide bonds. The zero-order valence-electron chi connectivity index (χ0n) is 9.35. The Morgan fingerprint density at radius 2 is 1.94 bits per heavy atom. The van der Waals surface area contributed by atoms with Crippen molar-refractivity contribution in [2.45, 2.75) is 36.5 Å². The molecule has 0 fully saturated rings. The van der Waals surface area contributed by atoms with Gasteiger partial charge < -0.3 is 5.73 Å². The molecule has 1 rings (SSSR count). The quantitative estimate of drug-likeness (QED) is 0.904. The van der Waals surface area contributed by atoms with Crippen molar-refractivity contribution >= 4 is 21.4 Å². The molecule has 0 saturated carbocycles. The second kappa shape index (κ2) is 5.17. The van der Waals surface area contributed by atoms with E-state index in [1.807, 2.05) is 6.92 Å². The van der Waals surface area contributed by atoms with Gasteiger partial charge in [-0.25, -0.2) is 8.42 Å². The highest BCUT2D eigenvalue weighted by molar-refractivity contribution is 7.92. The molecule has 2 atom stereocenters. The van der Waals surface area contributed by atoms with Crippen molar-refractivity contribution in [1.29, 1.82) is 0 Å². The maximum Gasteiger partial charge on any atom is 0.183 e. The Balaban J connectivity index is 3.17. The maximum absolute atomic E-state index is 12.2. The van der Waals surface area contributed by atoms with Crippen LogP contribution in [0.4, 0.5) is 0 Å². The highest BCUT2D eigenvalue weighted by atomic mass is 35.5. The molecule has 0 heterocycles. The number of benzene rings is 1. The normalized spacial score (nSPS) is 15.8. The van der Waals surface area contributed by atoms with E-state index in [0.717, 1.165) is 0 Å². The zero-order valence-corrected chi connectivity index (χ0v) is 10.9. The molecular weight excluding hydrogens is 246 g/mol. The molecule has 0 bridgehead atoms. The molecule has 1 aromatic carbocycles. The first-order valence-electron chi connectivity index (χ1n) is 5.15. The van der Waals surface area contributed by atoms with Crippen LogP contribution in [0.5, 0.6) is 0 Å². The van der Waals surface area contributed by atoms with Crippen LogP contribution < -0.4 is 5.73 Å². The van der Waals surface area contributed by atoms with Gasteiger partial charge in [0, 0.05) is 6.04 Å². The van der Waals surface area contributed by atoms with E-state index in [4.69, 9.17) is 17.3 Å². The first kappa shape index (κ1) is 13.5. The van der Waals surface area contributed by atoms with Crippen LogP contribution in [0.15, 0.2) is 29.2 Å². The molecule has 3 nitrogen and oxygen atoms in total. The smallest absolute Gasteiger partial charge is 0.183 e. The average molecular weight is 262 g/mol. The Labute approximate surface area is 102 Å². The summed E-state index contributed by atoms with van der Waals surface area (Å²) in [5, 5.41) is -0.380. The molecule has 0 aliphatic heterocycles. The first-order valence-corrected chi connectivity index (χ1v) is 7.07. The minimum Gasteiger partial charge on any atom is -0.327 e. The average Bonchev–Trinajstić information content (AvgIpc) is 2.27. The Morgan fingerprint density at radius 3 is 2.44 bits per heavy atom. The lowest BCUT2D eigenvalue weighted by molar-refractivity contribution is 0.552. The van der Waals surface area contributed by atoms with Crippen LogP contribution in [0.1, 0.15) is 20.3 Å². The summed E-state index contributed by atoms with van der Waals surface area (Å²) in [4.78, 5) is 0.160. The van der Waals surface area contributed by atoms with Crippen LogP contribution >= 0.6 is 11.6 Å². The van der Waals surface area contributed by atoms with E-state index in [9.17, 15) is 8.42 Å². The van der Waals surface area contributed by atoms with Crippen LogP contribution in [0, 0.1) is 0 Å². The molecule has 2 N–H and O–H groups in total. The van der Waals surface area contributed by atoms with Crippen molar-refractivity contribution in [3.63, 3.8) is 0 Å². The number of hydrogen-bond acceptors (Lipinski definition) is 3. The standard InChI is InChI=1S/C11H16ClNO2S/c1-3-10(13)8(2)16(14,15)11-7-5-4-6-9(11)12/h4-8,10H,3,13H2,1-2H3. The first-order chi connectivity index (χ1) is 7.41. The van der Waals surface area contributed by atoms with Crippen molar-refractivity contribution in [3.05, 3.63) is 29.3 Å². The van der Waals surface area contributed by atoms with Gasteiger partial charge in [-0.1, -0.05) is 30.7 Å². The van der Waals surface area contributed by atoms with E-state index >= 15 is 0 Å². The van der Waals surface area contributed by atoms with E-state index in [1.165, 1.54) is 6.07 Å². The topological polar surface area (TPSA) is 60.2 Å². The van der Waals surface area contributed by atoms with E-state index in [0.29, 0.717) is 6.42 Å². The van der Waals surface area contributed by atoms with Gasteiger partial charge in [-0.15, -0.1) is 0 Å². The highest BCUT2D eigenvalue weighted by Crippen LogP contribution is 2.25. The van der Waals surface area contributed by atoms with E-state index < -0.39 is 15.1 Å². The summed E-state index contributed by atoms with van der Waals surface area (Å²) in [5.41, 5.74) is 5.77. The molecule has 0 radical (unpaired) electrons. The van der Waals surface area contributed by atoms with Gasteiger partial charge in [-0.3, -0.25) is 0 Å². The van der Waals surface area contributed by atoms with Crippen molar-refractivity contribution in [2.75, 3.05) is 0 Å². The third-order valence-corrected chi connectivity index (χ3v) is 5.45. The predicted octanol–water partition coefficient (Wildman–Crippen LogP) is 2.24. The molecule has 90 valence electrons. The SMILES string of the molecule is CCC(N)C(C)S(=O)(=O)c1ccccc1Cl. The highest BCUT2D eigenvalue weighted by Gasteiger charge is 2.29. The van der Waals surface area contributed by atoms with E-state index in [1.54, 1.807) is 25.1 Å². The van der Waals surface area contributed by atoms with Gasteiger partial charge in [0.05, 0.1) is 15.2 Å². The van der Waals surface area contributed by atoms with Crippen molar-refractivity contribution < 1.29 is 8.42 Å². The lowest BCUT2D eigenvalue weighted by atomic mass is 10.2. The van der Waals surface area contributed by atoms with Crippen LogP contribution in [-0.2, 0) is 9.84 Å². The van der Waals surface area contributed by atoms with Gasteiger partial charge >= 0.3 is 0 Å². The monoisotopic (exact) mass is 261 g/mol. The Kier molecular flexibility index (Phi) is 4.35. The van der Waals surface area contributed by atoms with E-state index in [2.05, 4.69) is 0 Å². The minimum absolute atomic E-state index is 0.160. The fourth-order valence-corrected chi connectivity index (χ4v) is 3.56. The third kappa shape index (κ3) is 2.56. The summed E-state index contributed by atoms with van der Waals surface area (Å²) >= 11 is 5.88. The van der Waals surface area contributed by atoms with Gasteiger partial charge in [0.1, 0.15) is 0 Å². The van der Waals surface area contributed by atoms with Crippen LogP contribution in [0.2, 0.25) is 5.02 Å². The molecule has 0 spiro atoms. The Morgan fingerprint density at radius 1 is 1.38 bits per heavy atom. The van der Waals surface area contributed by atoms with Crippen molar-refractivity contribution in [3.8, 4) is 0 Å². The minimum atomic E-state index is -3.44. The lowest BCUT2D eigenvalue weighted by Crippen LogP contribution is -2.37. The zero-order chi connectivity index (χ0) is 12.3. The van der Waals surface area contributed by atoms with E-state index in [-0.39, 0.29) is 16.0 Å². The van der Waals surface area contributed by atoms with Gasteiger partial charge in [-0.2, -0.15) is 0 Å². The molecule has 1 aromatic rings. The summed E-state index contributed by atoms with van der Waals surface area (Å²) in [5.74, 6) is 0. The van der Waals surface area contributed by atoms with Gasteiger partial charge in [0.25, 0.3) is 0 Å². The lowest BCUT2D eigenvalue weighted by Gasteiger charge is -2.19. The molecule has 16 heavy (non-hydrogen) atoms. The van der Waals surface area contributed by atoms with Crippen LogP contribution in [-0.4, -0.2) is 19.7 Å². The molecule has 2 unspecified atom stereocenters. The molecule has 0 aromatic heterocycles. The molecule has 0 saturated heterocycles. The Hall–Kier alpha value is -0.580.